The lowest BCUT2D eigenvalue weighted by atomic mass is 10.2. The number of hydrogen-bond acceptors (Lipinski definition) is 8. The number of carbonyl (C=O) groups excluding carboxylic acids is 2. The summed E-state index contributed by atoms with van der Waals surface area (Å²) in [6.45, 7) is 9.94. The molecule has 0 radical (unpaired) electrons. The third kappa shape index (κ3) is 7.47. The summed E-state index contributed by atoms with van der Waals surface area (Å²) >= 11 is 12.6. The van der Waals surface area contributed by atoms with Crippen molar-refractivity contribution in [1.82, 2.24) is 0 Å². The number of carbonyl (C=O) groups is 2. The fourth-order valence-corrected chi connectivity index (χ4v) is 3.39. The standard InChI is InChI=1S/C24H29Cl2N3O6/c1-6-32-17-12-16(13-18(14-17)33-7-2)29(26)24(31)21(15(5)30)28-27-20-11-10-19(25)22(34-8-3)23(20)35-9-4/h10-14,21H,6-9H2,1-5H3. The Balaban J connectivity index is 2.41. The van der Waals surface area contributed by atoms with Crippen LogP contribution < -0.4 is 23.4 Å². The van der Waals surface area contributed by atoms with Gasteiger partial charge in [0.1, 0.15) is 17.2 Å². The third-order valence-electron chi connectivity index (χ3n) is 4.43. The highest BCUT2D eigenvalue weighted by Crippen LogP contribution is 2.43. The van der Waals surface area contributed by atoms with Gasteiger partial charge in [0, 0.05) is 30.0 Å². The molecule has 2 rings (SSSR count). The predicted octanol–water partition coefficient (Wildman–Crippen LogP) is 6.16. The van der Waals surface area contributed by atoms with Crippen LogP contribution in [0.3, 0.4) is 0 Å². The number of nitrogens with zero attached hydrogens (tertiary/aromatic N) is 3. The number of rotatable bonds is 13. The summed E-state index contributed by atoms with van der Waals surface area (Å²) in [4.78, 5) is 25.5. The van der Waals surface area contributed by atoms with Gasteiger partial charge in [-0.05, 0) is 46.8 Å². The van der Waals surface area contributed by atoms with Crippen LogP contribution in [0.4, 0.5) is 11.4 Å². The first kappa shape index (κ1) is 28.2. The topological polar surface area (TPSA) is 99.0 Å². The molecule has 0 fully saturated rings. The van der Waals surface area contributed by atoms with Crippen molar-refractivity contribution in [3.05, 3.63) is 35.4 Å². The Kier molecular flexibility index (Phi) is 11.1. The van der Waals surface area contributed by atoms with Crippen LogP contribution in [0.2, 0.25) is 5.02 Å². The molecular weight excluding hydrogens is 497 g/mol. The number of benzene rings is 2. The molecule has 0 aliphatic rings. The van der Waals surface area contributed by atoms with E-state index in [9.17, 15) is 9.59 Å². The van der Waals surface area contributed by atoms with Crippen LogP contribution >= 0.6 is 23.4 Å². The van der Waals surface area contributed by atoms with Crippen molar-refractivity contribution in [2.75, 3.05) is 30.8 Å². The van der Waals surface area contributed by atoms with E-state index in [1.165, 1.54) is 6.92 Å². The molecule has 0 saturated heterocycles. The highest BCUT2D eigenvalue weighted by atomic mass is 35.5. The summed E-state index contributed by atoms with van der Waals surface area (Å²) in [6.07, 6.45) is 0. The zero-order valence-electron chi connectivity index (χ0n) is 20.3. The van der Waals surface area contributed by atoms with Crippen LogP contribution in [0.5, 0.6) is 23.0 Å². The highest BCUT2D eigenvalue weighted by molar-refractivity contribution is 6.39. The molecule has 35 heavy (non-hydrogen) atoms. The molecule has 11 heteroatoms. The molecule has 1 amide bonds. The van der Waals surface area contributed by atoms with Crippen LogP contribution in [0.1, 0.15) is 34.6 Å². The fraction of sp³-hybridized carbons (Fsp3) is 0.417. The molecule has 0 aromatic heterocycles. The number of halogens is 2. The minimum atomic E-state index is -1.50. The number of Topliss-reactive ketones (excluding diaryl/α,β-unsaturated/α-hetero) is 1. The summed E-state index contributed by atoms with van der Waals surface area (Å²) in [6, 6.07) is 6.42. The molecule has 190 valence electrons. The van der Waals surface area contributed by atoms with Crippen molar-refractivity contribution in [1.29, 1.82) is 0 Å². The van der Waals surface area contributed by atoms with Gasteiger partial charge in [0.15, 0.2) is 17.3 Å². The normalized spacial score (nSPS) is 11.7. The number of azo groups is 1. The first-order chi connectivity index (χ1) is 16.8. The maximum Gasteiger partial charge on any atom is 0.276 e. The zero-order valence-corrected chi connectivity index (χ0v) is 21.9. The molecule has 0 aliphatic heterocycles. The van der Waals surface area contributed by atoms with Crippen LogP contribution in [0, 0.1) is 0 Å². The molecule has 0 bridgehead atoms. The van der Waals surface area contributed by atoms with Crippen LogP contribution in [-0.2, 0) is 9.59 Å². The monoisotopic (exact) mass is 525 g/mol. The first-order valence-electron chi connectivity index (χ1n) is 11.2. The molecular formula is C24H29Cl2N3O6. The second-order valence-electron chi connectivity index (χ2n) is 6.97. The van der Waals surface area contributed by atoms with E-state index in [0.717, 1.165) is 4.42 Å². The molecule has 9 nitrogen and oxygen atoms in total. The molecule has 2 aromatic rings. The highest BCUT2D eigenvalue weighted by Gasteiger charge is 2.30. The smallest absolute Gasteiger partial charge is 0.276 e. The van der Waals surface area contributed by atoms with Gasteiger partial charge in [-0.1, -0.05) is 11.6 Å². The number of ether oxygens (including phenoxy) is 4. The second kappa shape index (κ2) is 13.7. The largest absolute Gasteiger partial charge is 0.494 e. The van der Waals surface area contributed by atoms with Gasteiger partial charge >= 0.3 is 0 Å². The summed E-state index contributed by atoms with van der Waals surface area (Å²) in [5.74, 6) is 0.128. The molecule has 1 unspecified atom stereocenters. The second-order valence-corrected chi connectivity index (χ2v) is 7.71. The molecule has 0 saturated carbocycles. The van der Waals surface area contributed by atoms with E-state index in [0.29, 0.717) is 48.7 Å². The first-order valence-corrected chi connectivity index (χ1v) is 11.9. The van der Waals surface area contributed by atoms with Gasteiger partial charge in [-0.15, -0.1) is 0 Å². The van der Waals surface area contributed by atoms with Crippen LogP contribution in [0.25, 0.3) is 0 Å². The summed E-state index contributed by atoms with van der Waals surface area (Å²) in [7, 11) is 0. The van der Waals surface area contributed by atoms with Crippen molar-refractivity contribution in [2.45, 2.75) is 40.7 Å². The number of anilines is 1. The van der Waals surface area contributed by atoms with E-state index in [1.54, 1.807) is 44.2 Å². The Labute approximate surface area is 215 Å². The SMILES string of the molecule is CCOc1cc(OCC)cc(N(Cl)C(=O)C(N=Nc2ccc(Cl)c(OCC)c2OCC)C(C)=O)c1. The van der Waals surface area contributed by atoms with Gasteiger partial charge in [0.2, 0.25) is 6.04 Å². The minimum absolute atomic E-state index is 0.247. The average molecular weight is 526 g/mol. The third-order valence-corrected chi connectivity index (χ3v) is 5.09. The van der Waals surface area contributed by atoms with Crippen LogP contribution in [0.15, 0.2) is 40.6 Å². The number of ketones is 1. The average Bonchev–Trinajstić information content (AvgIpc) is 2.82. The Hall–Kier alpha value is -3.04. The fourth-order valence-electron chi connectivity index (χ4n) is 3.00. The van der Waals surface area contributed by atoms with Gasteiger partial charge in [-0.2, -0.15) is 10.2 Å². The Morgan fingerprint density at radius 2 is 1.43 bits per heavy atom. The van der Waals surface area contributed by atoms with E-state index in [1.807, 2.05) is 13.8 Å². The van der Waals surface area contributed by atoms with Crippen molar-refractivity contribution >= 4 is 46.4 Å². The van der Waals surface area contributed by atoms with E-state index in [4.69, 9.17) is 42.3 Å². The summed E-state index contributed by atoms with van der Waals surface area (Å²) < 4.78 is 23.1. The van der Waals surface area contributed by atoms with Gasteiger partial charge in [-0.3, -0.25) is 9.59 Å². The lowest BCUT2D eigenvalue weighted by Gasteiger charge is -2.19. The molecule has 0 aliphatic carbocycles. The zero-order chi connectivity index (χ0) is 26.0. The quantitative estimate of drug-likeness (QED) is 0.176. The lowest BCUT2D eigenvalue weighted by Crippen LogP contribution is -2.36. The van der Waals surface area contributed by atoms with E-state index >= 15 is 0 Å². The molecule has 1 atom stereocenters. The maximum atomic E-state index is 13.1. The minimum Gasteiger partial charge on any atom is -0.494 e. The predicted molar refractivity (Wildman–Crippen MR) is 135 cm³/mol. The van der Waals surface area contributed by atoms with Crippen molar-refractivity contribution < 1.29 is 28.5 Å². The number of amides is 1. The van der Waals surface area contributed by atoms with Gasteiger partial charge in [0.25, 0.3) is 5.91 Å². The van der Waals surface area contributed by atoms with Gasteiger partial charge < -0.3 is 18.9 Å². The van der Waals surface area contributed by atoms with Gasteiger partial charge in [-0.25, -0.2) is 4.42 Å². The molecule has 0 spiro atoms. The Morgan fingerprint density at radius 3 is 1.94 bits per heavy atom. The molecule has 0 N–H and O–H groups in total. The summed E-state index contributed by atoms with van der Waals surface area (Å²) in [5.41, 5.74) is 0.504. The molecule has 2 aromatic carbocycles. The van der Waals surface area contributed by atoms with Gasteiger partial charge in [0.05, 0.1) is 37.1 Å². The Bertz CT molecular complexity index is 1040. The van der Waals surface area contributed by atoms with Crippen molar-refractivity contribution in [2.24, 2.45) is 10.2 Å². The van der Waals surface area contributed by atoms with Crippen LogP contribution in [-0.4, -0.2) is 44.2 Å². The lowest BCUT2D eigenvalue weighted by molar-refractivity contribution is -0.126. The Morgan fingerprint density at radius 1 is 0.886 bits per heavy atom. The van der Waals surface area contributed by atoms with Crippen molar-refractivity contribution in [3.63, 3.8) is 0 Å². The number of hydrogen-bond donors (Lipinski definition) is 0. The van der Waals surface area contributed by atoms with E-state index in [-0.39, 0.29) is 17.1 Å². The molecule has 0 heterocycles. The summed E-state index contributed by atoms with van der Waals surface area (Å²) in [5, 5.41) is 8.43. The van der Waals surface area contributed by atoms with E-state index < -0.39 is 17.7 Å². The van der Waals surface area contributed by atoms with E-state index in [2.05, 4.69) is 10.2 Å². The maximum absolute atomic E-state index is 13.1. The van der Waals surface area contributed by atoms with Crippen molar-refractivity contribution in [3.8, 4) is 23.0 Å².